The number of likely N-dealkylation sites (tertiary alicyclic amines) is 1. The molecule has 1 atom stereocenters. The Bertz CT molecular complexity index is 303. The maximum atomic E-state index is 5.80. The summed E-state index contributed by atoms with van der Waals surface area (Å²) in [4.78, 5) is 2.28. The molecule has 0 radical (unpaired) electrons. The van der Waals surface area contributed by atoms with Gasteiger partial charge < -0.3 is 5.73 Å². The van der Waals surface area contributed by atoms with Gasteiger partial charge in [0.25, 0.3) is 0 Å². The van der Waals surface area contributed by atoms with Gasteiger partial charge in [-0.3, -0.25) is 4.90 Å². The molecule has 1 aliphatic heterocycles. The van der Waals surface area contributed by atoms with Crippen molar-refractivity contribution in [1.82, 2.24) is 15.1 Å². The lowest BCUT2D eigenvalue weighted by Gasteiger charge is -2.13. The number of rotatable bonds is 2. The van der Waals surface area contributed by atoms with Crippen LogP contribution in [0.3, 0.4) is 0 Å². The van der Waals surface area contributed by atoms with Crippen molar-refractivity contribution < 1.29 is 0 Å². The van der Waals surface area contributed by atoms with E-state index in [1.165, 1.54) is 0 Å². The quantitative estimate of drug-likeness (QED) is 0.852. The highest BCUT2D eigenvalue weighted by Crippen LogP contribution is 2.11. The third kappa shape index (κ3) is 3.57. The summed E-state index contributed by atoms with van der Waals surface area (Å²) >= 11 is 5.64. The van der Waals surface area contributed by atoms with Crippen molar-refractivity contribution in [3.8, 4) is 0 Å². The van der Waals surface area contributed by atoms with E-state index >= 15 is 0 Å². The van der Waals surface area contributed by atoms with Crippen molar-refractivity contribution in [1.29, 1.82) is 0 Å². The van der Waals surface area contributed by atoms with Crippen LogP contribution >= 0.6 is 24.0 Å². The Morgan fingerprint density at radius 3 is 2.80 bits per heavy atom. The zero-order chi connectivity index (χ0) is 9.97. The fraction of sp³-hybridized carbons (Fsp3) is 0.556. The summed E-state index contributed by atoms with van der Waals surface area (Å²) in [5.74, 6) is 0. The molecule has 0 amide bonds. The van der Waals surface area contributed by atoms with Gasteiger partial charge in [0, 0.05) is 25.7 Å². The third-order valence-electron chi connectivity index (χ3n) is 2.38. The van der Waals surface area contributed by atoms with E-state index in [0.717, 1.165) is 31.7 Å². The van der Waals surface area contributed by atoms with Crippen LogP contribution in [-0.4, -0.2) is 34.2 Å². The number of aromatic nitrogens is 2. The topological polar surface area (TPSA) is 55.0 Å². The van der Waals surface area contributed by atoms with E-state index in [4.69, 9.17) is 17.3 Å². The smallest absolute Gasteiger partial charge is 0.151 e. The van der Waals surface area contributed by atoms with E-state index in [2.05, 4.69) is 15.1 Å². The van der Waals surface area contributed by atoms with Gasteiger partial charge in [-0.05, 0) is 18.6 Å². The van der Waals surface area contributed by atoms with Gasteiger partial charge in [0.1, 0.15) is 0 Å². The first-order valence-corrected chi connectivity index (χ1v) is 5.08. The zero-order valence-corrected chi connectivity index (χ0v) is 9.84. The van der Waals surface area contributed by atoms with Crippen LogP contribution in [0.15, 0.2) is 12.1 Å². The van der Waals surface area contributed by atoms with Crippen LogP contribution in [0.1, 0.15) is 12.1 Å². The minimum absolute atomic E-state index is 0. The highest BCUT2D eigenvalue weighted by atomic mass is 35.5. The van der Waals surface area contributed by atoms with E-state index in [-0.39, 0.29) is 12.4 Å². The first-order valence-electron chi connectivity index (χ1n) is 4.70. The lowest BCUT2D eigenvalue weighted by molar-refractivity contribution is 0.321. The maximum Gasteiger partial charge on any atom is 0.151 e. The Hall–Kier alpha value is -0.420. The second-order valence-electron chi connectivity index (χ2n) is 3.63. The van der Waals surface area contributed by atoms with E-state index in [1.54, 1.807) is 6.07 Å². The summed E-state index contributed by atoms with van der Waals surface area (Å²) in [6.45, 7) is 2.81. The number of nitrogens with two attached hydrogens (primary N) is 1. The second-order valence-corrected chi connectivity index (χ2v) is 4.02. The SMILES string of the molecule is Cl.N[C@H]1CCN(Cc2ccc(Cl)nn2)C1. The molecule has 15 heavy (non-hydrogen) atoms. The Kier molecular flexibility index (Phi) is 4.73. The van der Waals surface area contributed by atoms with Gasteiger partial charge >= 0.3 is 0 Å². The monoisotopic (exact) mass is 248 g/mol. The summed E-state index contributed by atoms with van der Waals surface area (Å²) in [6.07, 6.45) is 1.07. The van der Waals surface area contributed by atoms with Gasteiger partial charge in [-0.2, -0.15) is 5.10 Å². The molecule has 0 spiro atoms. The lowest BCUT2D eigenvalue weighted by atomic mass is 10.3. The van der Waals surface area contributed by atoms with Crippen molar-refractivity contribution >= 4 is 24.0 Å². The van der Waals surface area contributed by atoms with Crippen LogP contribution in [0.5, 0.6) is 0 Å². The highest BCUT2D eigenvalue weighted by Gasteiger charge is 2.19. The molecule has 0 unspecified atom stereocenters. The van der Waals surface area contributed by atoms with Crippen molar-refractivity contribution in [2.75, 3.05) is 13.1 Å². The minimum Gasteiger partial charge on any atom is -0.326 e. The van der Waals surface area contributed by atoms with Crippen molar-refractivity contribution in [3.05, 3.63) is 23.0 Å². The summed E-state index contributed by atoms with van der Waals surface area (Å²) in [6, 6.07) is 3.98. The molecule has 0 aromatic carbocycles. The summed E-state index contributed by atoms with van der Waals surface area (Å²) in [5, 5.41) is 8.24. The average molecular weight is 249 g/mol. The molecular weight excluding hydrogens is 235 g/mol. The molecule has 0 bridgehead atoms. The number of hydrogen-bond acceptors (Lipinski definition) is 4. The molecule has 0 saturated carbocycles. The standard InChI is InChI=1S/C9H13ClN4.ClH/c10-9-2-1-8(12-13-9)6-14-4-3-7(11)5-14;/h1-2,7H,3-6,11H2;1H/t7-;/m0./s1. The van der Waals surface area contributed by atoms with Gasteiger partial charge in [0.2, 0.25) is 0 Å². The van der Waals surface area contributed by atoms with E-state index in [0.29, 0.717) is 11.2 Å². The number of nitrogens with zero attached hydrogens (tertiary/aromatic N) is 3. The molecule has 4 nitrogen and oxygen atoms in total. The van der Waals surface area contributed by atoms with Crippen LogP contribution in [0.4, 0.5) is 0 Å². The summed E-state index contributed by atoms with van der Waals surface area (Å²) in [7, 11) is 0. The van der Waals surface area contributed by atoms with Crippen molar-refractivity contribution in [3.63, 3.8) is 0 Å². The van der Waals surface area contributed by atoms with Gasteiger partial charge in [0.05, 0.1) is 5.69 Å². The van der Waals surface area contributed by atoms with Gasteiger partial charge in [-0.15, -0.1) is 17.5 Å². The maximum absolute atomic E-state index is 5.80. The predicted molar refractivity (Wildman–Crippen MR) is 62.2 cm³/mol. The molecular formula is C9H14Cl2N4. The van der Waals surface area contributed by atoms with Crippen LogP contribution in [0.25, 0.3) is 0 Å². The molecule has 1 aromatic rings. The Morgan fingerprint density at radius 1 is 1.47 bits per heavy atom. The Balaban J connectivity index is 0.00000112. The molecule has 0 aliphatic carbocycles. The minimum atomic E-state index is 0. The first kappa shape index (κ1) is 12.6. The number of hydrogen-bond donors (Lipinski definition) is 1. The van der Waals surface area contributed by atoms with Crippen molar-refractivity contribution in [2.45, 2.75) is 19.0 Å². The fourth-order valence-corrected chi connectivity index (χ4v) is 1.76. The largest absolute Gasteiger partial charge is 0.326 e. The first-order chi connectivity index (χ1) is 6.74. The Labute approximate surface area is 100 Å². The summed E-state index contributed by atoms with van der Waals surface area (Å²) in [5.41, 5.74) is 6.75. The average Bonchev–Trinajstić information content (AvgIpc) is 2.56. The predicted octanol–water partition coefficient (Wildman–Crippen LogP) is 1.08. The lowest BCUT2D eigenvalue weighted by Crippen LogP contribution is -2.26. The van der Waals surface area contributed by atoms with Crippen LogP contribution in [0, 0.1) is 0 Å². The van der Waals surface area contributed by atoms with Crippen LogP contribution in [-0.2, 0) is 6.54 Å². The van der Waals surface area contributed by atoms with Crippen molar-refractivity contribution in [2.24, 2.45) is 5.73 Å². The molecule has 1 fully saturated rings. The molecule has 1 saturated heterocycles. The van der Waals surface area contributed by atoms with Crippen LogP contribution < -0.4 is 5.73 Å². The molecule has 1 aliphatic rings. The molecule has 6 heteroatoms. The number of halogens is 2. The van der Waals surface area contributed by atoms with Gasteiger partial charge in [0.15, 0.2) is 5.15 Å². The molecule has 84 valence electrons. The van der Waals surface area contributed by atoms with Crippen LogP contribution in [0.2, 0.25) is 5.15 Å². The Morgan fingerprint density at radius 2 is 2.27 bits per heavy atom. The van der Waals surface area contributed by atoms with E-state index in [1.807, 2.05) is 6.07 Å². The highest BCUT2D eigenvalue weighted by molar-refractivity contribution is 6.29. The summed E-state index contributed by atoms with van der Waals surface area (Å²) < 4.78 is 0. The molecule has 2 N–H and O–H groups in total. The van der Waals surface area contributed by atoms with E-state index in [9.17, 15) is 0 Å². The fourth-order valence-electron chi connectivity index (χ4n) is 1.66. The third-order valence-corrected chi connectivity index (χ3v) is 2.58. The normalized spacial score (nSPS) is 21.3. The second kappa shape index (κ2) is 5.61. The van der Waals surface area contributed by atoms with E-state index < -0.39 is 0 Å². The molecule has 1 aromatic heterocycles. The zero-order valence-electron chi connectivity index (χ0n) is 8.27. The van der Waals surface area contributed by atoms with Gasteiger partial charge in [-0.25, -0.2) is 0 Å². The van der Waals surface area contributed by atoms with Gasteiger partial charge in [-0.1, -0.05) is 11.6 Å². The molecule has 2 rings (SSSR count). The molecule has 2 heterocycles.